The molecule has 0 rings (SSSR count). The molecule has 0 aromatic carbocycles. The number of rotatable bonds is 23. The van der Waals surface area contributed by atoms with Crippen molar-refractivity contribution in [2.45, 2.75) is 92.1 Å². The van der Waals surface area contributed by atoms with Gasteiger partial charge in [0.2, 0.25) is 11.8 Å². The van der Waals surface area contributed by atoms with Gasteiger partial charge in [-0.25, -0.2) is 0 Å². The third-order valence-corrected chi connectivity index (χ3v) is 6.37. The maximum absolute atomic E-state index is 12.3. The zero-order chi connectivity index (χ0) is 32.6. The monoisotopic (exact) mass is 618 g/mol. The number of esters is 1. The summed E-state index contributed by atoms with van der Waals surface area (Å²) < 4.78 is 5.27. The predicted octanol–water partition coefficient (Wildman–Crippen LogP) is 7.02. The third-order valence-electron chi connectivity index (χ3n) is 5.75. The lowest BCUT2D eigenvalue weighted by Crippen LogP contribution is -2.47. The topological polar surface area (TPSA) is 105 Å². The fourth-order valence-electron chi connectivity index (χ4n) is 3.24. The van der Waals surface area contributed by atoms with Crippen molar-refractivity contribution in [3.63, 3.8) is 0 Å². The van der Waals surface area contributed by atoms with E-state index in [-0.39, 0.29) is 31.9 Å². The Balaban J connectivity index is 0. The number of hydrogen-bond acceptors (Lipinski definition) is 6. The van der Waals surface area contributed by atoms with E-state index in [0.29, 0.717) is 6.54 Å². The van der Waals surface area contributed by atoms with E-state index in [0.717, 1.165) is 44.3 Å². The first-order valence-corrected chi connectivity index (χ1v) is 16.9. The summed E-state index contributed by atoms with van der Waals surface area (Å²) in [5.74, 6) is -0.354. The van der Waals surface area contributed by atoms with Gasteiger partial charge in [0.05, 0.1) is 13.0 Å². The Morgan fingerprint density at radius 3 is 1.70 bits per heavy atom. The van der Waals surface area contributed by atoms with Crippen LogP contribution in [0.1, 0.15) is 86.0 Å². The van der Waals surface area contributed by atoms with Crippen LogP contribution in [-0.4, -0.2) is 60.7 Å². The largest absolute Gasteiger partial charge is 0.465 e. The van der Waals surface area contributed by atoms with Crippen molar-refractivity contribution in [2.24, 2.45) is 5.41 Å². The molecule has 0 bridgehead atoms. The molecule has 2 amide bonds. The van der Waals surface area contributed by atoms with Gasteiger partial charge in [0, 0.05) is 30.7 Å². The van der Waals surface area contributed by atoms with Gasteiger partial charge in [-0.15, -0.1) is 0 Å². The normalized spacial score (nSPS) is 12.9. The van der Waals surface area contributed by atoms with Crippen LogP contribution >= 0.6 is 11.8 Å². The second-order valence-corrected chi connectivity index (χ2v) is 11.0. The average molecular weight is 619 g/mol. The highest BCUT2D eigenvalue weighted by molar-refractivity contribution is 7.98. The molecule has 0 fully saturated rings. The van der Waals surface area contributed by atoms with Crippen molar-refractivity contribution in [2.75, 3.05) is 31.7 Å². The molecule has 0 saturated carbocycles. The molecule has 8 heteroatoms. The van der Waals surface area contributed by atoms with Gasteiger partial charge >= 0.3 is 5.97 Å². The summed E-state index contributed by atoms with van der Waals surface area (Å²) in [6, 6.07) is 0. The number of carbonyl (C=O) groups excluding carboxylic acids is 3. The van der Waals surface area contributed by atoms with Crippen molar-refractivity contribution in [1.82, 2.24) is 10.6 Å². The van der Waals surface area contributed by atoms with Crippen molar-refractivity contribution in [1.29, 1.82) is 0 Å². The molecule has 0 aromatic heterocycles. The number of amides is 2. The van der Waals surface area contributed by atoms with E-state index in [9.17, 15) is 19.5 Å². The number of carbonyl (C=O) groups is 3. The first-order valence-electron chi connectivity index (χ1n) is 15.5. The van der Waals surface area contributed by atoms with E-state index in [4.69, 9.17) is 4.74 Å². The number of hydrogen-bond donors (Lipinski definition) is 3. The number of aliphatic hydroxyl groups is 1. The van der Waals surface area contributed by atoms with E-state index in [1.807, 2.05) is 32.3 Å². The molecule has 0 spiro atoms. The molecule has 3 N–H and O–H groups in total. The summed E-state index contributed by atoms with van der Waals surface area (Å²) >= 11 is 1.63. The maximum Gasteiger partial charge on any atom is 0.309 e. The minimum absolute atomic E-state index is 0.0990. The van der Waals surface area contributed by atoms with E-state index >= 15 is 0 Å². The Morgan fingerprint density at radius 2 is 1.23 bits per heavy atom. The summed E-state index contributed by atoms with van der Waals surface area (Å²) in [6.07, 6.45) is 31.6. The van der Waals surface area contributed by atoms with Gasteiger partial charge in [-0.1, -0.05) is 108 Å². The molecular weight excluding hydrogens is 560 g/mol. The van der Waals surface area contributed by atoms with Gasteiger partial charge < -0.3 is 20.5 Å². The van der Waals surface area contributed by atoms with Gasteiger partial charge in [-0.2, -0.15) is 11.8 Å². The molecule has 0 radical (unpaired) electrons. The lowest BCUT2D eigenvalue weighted by molar-refractivity contribution is -0.152. The Kier molecular flexibility index (Phi) is 30.1. The molecule has 0 unspecified atom stereocenters. The van der Waals surface area contributed by atoms with E-state index in [1.165, 1.54) is 0 Å². The molecular formula is C35H58N2O5S. The zero-order valence-corrected chi connectivity index (χ0v) is 28.3. The lowest BCUT2D eigenvalue weighted by Gasteiger charge is -2.28. The Labute approximate surface area is 266 Å². The third kappa shape index (κ3) is 27.7. The first kappa shape index (κ1) is 42.3. The Bertz CT molecular complexity index is 904. The van der Waals surface area contributed by atoms with Crippen LogP contribution in [-0.2, 0) is 19.1 Å². The molecule has 0 aromatic rings. The molecule has 0 aliphatic heterocycles. The van der Waals surface area contributed by atoms with Crippen molar-refractivity contribution < 1.29 is 24.2 Å². The van der Waals surface area contributed by atoms with E-state index in [2.05, 4.69) is 72.2 Å². The van der Waals surface area contributed by atoms with Gasteiger partial charge in [0.1, 0.15) is 6.10 Å². The molecule has 0 aliphatic rings. The summed E-state index contributed by atoms with van der Waals surface area (Å²) in [6.45, 7) is 10.0. The van der Waals surface area contributed by atoms with Crippen LogP contribution in [0.25, 0.3) is 0 Å². The summed E-state index contributed by atoms with van der Waals surface area (Å²) in [5, 5.41) is 15.7. The highest BCUT2D eigenvalue weighted by atomic mass is 32.2. The fraction of sp³-hybridized carbons (Fsp3) is 0.571. The number of thioether (sulfide) groups is 1. The summed E-state index contributed by atoms with van der Waals surface area (Å²) in [7, 11) is 0. The van der Waals surface area contributed by atoms with Crippen molar-refractivity contribution >= 4 is 29.5 Å². The molecule has 0 saturated heterocycles. The number of ether oxygens (including phenoxy) is 1. The summed E-state index contributed by atoms with van der Waals surface area (Å²) in [4.78, 5) is 36.0. The maximum atomic E-state index is 12.3. The fourth-order valence-corrected chi connectivity index (χ4v) is 3.54. The average Bonchev–Trinajstić information content (AvgIpc) is 3.00. The van der Waals surface area contributed by atoms with E-state index in [1.54, 1.807) is 31.7 Å². The second-order valence-electron chi connectivity index (χ2n) is 10.1. The minimum atomic E-state index is -1.37. The highest BCUT2D eigenvalue weighted by Crippen LogP contribution is 2.21. The molecule has 1 atom stereocenters. The second kappa shape index (κ2) is 30.6. The number of allylic oxidation sites excluding steroid dienone is 11. The van der Waals surface area contributed by atoms with Crippen LogP contribution in [0.4, 0.5) is 0 Å². The van der Waals surface area contributed by atoms with Gasteiger partial charge in [0.15, 0.2) is 0 Å². The highest BCUT2D eigenvalue weighted by Gasteiger charge is 2.34. The predicted molar refractivity (Wildman–Crippen MR) is 184 cm³/mol. The van der Waals surface area contributed by atoms with Crippen LogP contribution in [0.2, 0.25) is 0 Å². The molecule has 43 heavy (non-hydrogen) atoms. The Hall–Kier alpha value is -2.84. The molecule has 7 nitrogen and oxygen atoms in total. The number of aliphatic hydroxyl groups excluding tert-OH is 1. The van der Waals surface area contributed by atoms with Crippen LogP contribution < -0.4 is 10.6 Å². The molecule has 0 aliphatic carbocycles. The van der Waals surface area contributed by atoms with Crippen LogP contribution in [0.5, 0.6) is 0 Å². The van der Waals surface area contributed by atoms with Gasteiger partial charge in [0.25, 0.3) is 0 Å². The SMILES string of the molecule is CC.CC/C=C\C/C=C\C/C=C\C/C=C\C/C=C\C/C=C\CC(=O)OCC(C)(C)[C@@H](O)C(=O)NCCC(=O)NCCSC. The van der Waals surface area contributed by atoms with Gasteiger partial charge in [-0.05, 0) is 44.8 Å². The van der Waals surface area contributed by atoms with Gasteiger partial charge in [-0.3, -0.25) is 14.4 Å². The van der Waals surface area contributed by atoms with Crippen LogP contribution in [0.3, 0.4) is 0 Å². The molecule has 244 valence electrons. The summed E-state index contributed by atoms with van der Waals surface area (Å²) in [5.41, 5.74) is -0.973. The number of nitrogens with one attached hydrogen (secondary N) is 2. The van der Waals surface area contributed by atoms with Crippen LogP contribution in [0.15, 0.2) is 72.9 Å². The quantitative estimate of drug-likeness (QED) is 0.0646. The van der Waals surface area contributed by atoms with Crippen molar-refractivity contribution in [3.8, 4) is 0 Å². The van der Waals surface area contributed by atoms with E-state index < -0.39 is 23.4 Å². The van der Waals surface area contributed by atoms with Crippen LogP contribution in [0, 0.1) is 5.41 Å². The first-order chi connectivity index (χ1) is 20.7. The minimum Gasteiger partial charge on any atom is -0.465 e. The van der Waals surface area contributed by atoms with Crippen molar-refractivity contribution in [3.05, 3.63) is 72.9 Å². The smallest absolute Gasteiger partial charge is 0.309 e. The molecule has 0 heterocycles. The standard InChI is InChI=1S/C33H52N2O5S.C2H6/c1-5-6-7-8-9-10-11-12-13-14-15-16-17-18-19-20-21-22-23-30(37)40-28-33(2,3)31(38)32(39)35-25-24-29(36)34-26-27-41-4;1-2/h6-7,9-10,12-13,15-16,18-19,21-22,31,38H,5,8,11,14,17,20,23-28H2,1-4H3,(H,34,36)(H,35,39);1-2H3/b7-6-,10-9-,13-12-,16-15-,19-18-,22-21-;/t31-;/m0./s1. The zero-order valence-electron chi connectivity index (χ0n) is 27.5. The lowest BCUT2D eigenvalue weighted by atomic mass is 9.87. The Morgan fingerprint density at radius 1 is 0.767 bits per heavy atom.